The zero-order valence-electron chi connectivity index (χ0n) is 20.1. The third-order valence-corrected chi connectivity index (χ3v) is 7.25. The van der Waals surface area contributed by atoms with Crippen molar-refractivity contribution >= 4 is 11.6 Å². The molecule has 2 aromatic heterocycles. The smallest absolute Gasteiger partial charge is 0.394 e. The van der Waals surface area contributed by atoms with Gasteiger partial charge >= 0.3 is 6.18 Å². The Morgan fingerprint density at radius 1 is 1.13 bits per heavy atom. The number of methoxy groups -OCH3 is 1. The monoisotopic (exact) mass is 580 g/mol. The van der Waals surface area contributed by atoms with Crippen molar-refractivity contribution in [2.45, 2.75) is 48.6 Å². The summed E-state index contributed by atoms with van der Waals surface area (Å²) in [6.07, 6.45) is -6.82. The molecule has 0 radical (unpaired) electrons. The minimum Gasteiger partial charge on any atom is -0.394 e. The van der Waals surface area contributed by atoms with Crippen LogP contribution in [0.25, 0.3) is 11.3 Å². The normalized spacial score (nSPS) is 26.9. The molecule has 0 saturated carbocycles. The van der Waals surface area contributed by atoms with Crippen molar-refractivity contribution in [2.24, 2.45) is 0 Å². The number of alkyl halides is 3. The molecule has 2 aliphatic heterocycles. The summed E-state index contributed by atoms with van der Waals surface area (Å²) in [5, 5.41) is 35.7. The van der Waals surface area contributed by atoms with Crippen molar-refractivity contribution in [3.8, 4) is 11.3 Å². The van der Waals surface area contributed by atoms with Crippen LogP contribution in [-0.2, 0) is 26.2 Å². The maximum atomic E-state index is 14.5. The lowest BCUT2D eigenvalue weighted by Crippen LogP contribution is -2.61. The van der Waals surface area contributed by atoms with Crippen molar-refractivity contribution in [1.82, 2.24) is 30.0 Å². The van der Waals surface area contributed by atoms with Gasteiger partial charge in [0.25, 0.3) is 0 Å². The minimum atomic E-state index is -4.62. The van der Waals surface area contributed by atoms with Crippen molar-refractivity contribution in [1.29, 1.82) is 0 Å². The lowest BCUT2D eigenvalue weighted by atomic mass is 9.90. The van der Waals surface area contributed by atoms with Gasteiger partial charge in [-0.15, -0.1) is 10.2 Å². The minimum absolute atomic E-state index is 0.0724. The van der Waals surface area contributed by atoms with Gasteiger partial charge in [-0.2, -0.15) is 13.2 Å². The first-order chi connectivity index (χ1) is 18.5. The number of rotatable bonds is 7. The molecule has 0 aliphatic carbocycles. The number of aliphatic hydroxyl groups excluding tert-OH is 2. The fraction of sp³-hybridized carbons (Fsp3) is 0.545. The highest BCUT2D eigenvalue weighted by molar-refractivity contribution is 6.30. The third-order valence-electron chi connectivity index (χ3n) is 6.96. The molecule has 4 heterocycles. The van der Waals surface area contributed by atoms with Gasteiger partial charge in [0.15, 0.2) is 11.6 Å². The summed E-state index contributed by atoms with van der Waals surface area (Å²) in [6, 6.07) is 1.32. The molecule has 2 saturated heterocycles. The molecule has 0 unspecified atom stereocenters. The van der Waals surface area contributed by atoms with E-state index in [1.54, 1.807) is 0 Å². The average molecular weight is 581 g/mol. The van der Waals surface area contributed by atoms with Crippen LogP contribution in [0.3, 0.4) is 0 Å². The molecule has 2 N–H and O–H groups in total. The van der Waals surface area contributed by atoms with Crippen molar-refractivity contribution in [2.75, 3.05) is 26.9 Å². The highest BCUT2D eigenvalue weighted by atomic mass is 35.5. The molecule has 17 heteroatoms. The third kappa shape index (κ3) is 4.68. The molecule has 11 nitrogen and oxygen atoms in total. The zero-order chi connectivity index (χ0) is 28.1. The summed E-state index contributed by atoms with van der Waals surface area (Å²) < 4.78 is 87.5. The standard InChI is InChI=1S/C22H22ClF5N6O5/c1-37-20-14(4-10-5-34(32-29-10)21(8-38-9-21)22(26,27)28)39-15(7-35)19(36)18(20)33-6-13(30-31-33)11-2-3-12(23)17(25)16(11)24/h2-3,5-6,14-15,18-20,35-36H,4,7-9H2,1H3/t14-,15-,18+,19+,20+/m1/s1. The number of ether oxygens (including phenoxy) is 3. The summed E-state index contributed by atoms with van der Waals surface area (Å²) in [7, 11) is 1.31. The molecular weight excluding hydrogens is 559 g/mol. The number of aliphatic hydroxyl groups is 2. The molecule has 5 atom stereocenters. The molecule has 39 heavy (non-hydrogen) atoms. The van der Waals surface area contributed by atoms with E-state index in [1.807, 2.05) is 0 Å². The first-order valence-corrected chi connectivity index (χ1v) is 12.0. The van der Waals surface area contributed by atoms with E-state index in [2.05, 4.69) is 20.6 Å². The van der Waals surface area contributed by atoms with Crippen LogP contribution < -0.4 is 0 Å². The van der Waals surface area contributed by atoms with E-state index in [0.717, 1.165) is 12.3 Å². The van der Waals surface area contributed by atoms with Gasteiger partial charge in [-0.25, -0.2) is 18.1 Å². The molecule has 5 rings (SSSR count). The number of hydrogen-bond acceptors (Lipinski definition) is 9. The number of benzene rings is 1. The summed E-state index contributed by atoms with van der Waals surface area (Å²) in [5.74, 6) is -2.51. The Morgan fingerprint density at radius 3 is 2.49 bits per heavy atom. The van der Waals surface area contributed by atoms with E-state index < -0.39 is 78.7 Å². The maximum absolute atomic E-state index is 14.5. The fourth-order valence-corrected chi connectivity index (χ4v) is 4.87. The van der Waals surface area contributed by atoms with Gasteiger partial charge in [0.1, 0.15) is 30.0 Å². The summed E-state index contributed by atoms with van der Waals surface area (Å²) in [6.45, 7) is -1.83. The summed E-state index contributed by atoms with van der Waals surface area (Å²) in [4.78, 5) is 0. The Morgan fingerprint density at radius 2 is 1.87 bits per heavy atom. The summed E-state index contributed by atoms with van der Waals surface area (Å²) in [5.41, 5.74) is -2.50. The lowest BCUT2D eigenvalue weighted by Gasteiger charge is -2.43. The quantitative estimate of drug-likeness (QED) is 0.317. The highest BCUT2D eigenvalue weighted by Crippen LogP contribution is 2.42. The number of halogens is 6. The summed E-state index contributed by atoms with van der Waals surface area (Å²) >= 11 is 5.62. The number of hydrogen-bond donors (Lipinski definition) is 2. The Labute approximate surface area is 222 Å². The van der Waals surface area contributed by atoms with Gasteiger partial charge in [-0.05, 0) is 12.1 Å². The Hall–Kier alpha value is -2.76. The topological polar surface area (TPSA) is 130 Å². The van der Waals surface area contributed by atoms with Crippen molar-refractivity contribution in [3.63, 3.8) is 0 Å². The van der Waals surface area contributed by atoms with Crippen LogP contribution in [0.15, 0.2) is 24.5 Å². The van der Waals surface area contributed by atoms with Crippen LogP contribution in [-0.4, -0.2) is 97.7 Å². The Balaban J connectivity index is 1.43. The average Bonchev–Trinajstić information content (AvgIpc) is 3.52. The molecule has 2 fully saturated rings. The Bertz CT molecular complexity index is 1330. The molecule has 3 aromatic rings. The highest BCUT2D eigenvalue weighted by Gasteiger charge is 2.62. The largest absolute Gasteiger partial charge is 0.418 e. The predicted molar refractivity (Wildman–Crippen MR) is 121 cm³/mol. The van der Waals surface area contributed by atoms with Crippen LogP contribution in [0.1, 0.15) is 11.7 Å². The van der Waals surface area contributed by atoms with E-state index in [1.165, 1.54) is 24.1 Å². The molecule has 0 spiro atoms. The zero-order valence-corrected chi connectivity index (χ0v) is 20.9. The first-order valence-electron chi connectivity index (χ1n) is 11.6. The van der Waals surface area contributed by atoms with Gasteiger partial charge in [0.2, 0.25) is 5.54 Å². The number of aromatic nitrogens is 6. The van der Waals surface area contributed by atoms with E-state index in [0.29, 0.717) is 4.68 Å². The van der Waals surface area contributed by atoms with E-state index >= 15 is 0 Å². The fourth-order valence-electron chi connectivity index (χ4n) is 4.73. The molecular formula is C22H22ClF5N6O5. The van der Waals surface area contributed by atoms with Crippen LogP contribution in [0.5, 0.6) is 0 Å². The van der Waals surface area contributed by atoms with Gasteiger partial charge in [0.05, 0.1) is 42.8 Å². The van der Waals surface area contributed by atoms with E-state index in [9.17, 15) is 32.2 Å². The second kappa shape index (κ2) is 10.3. The van der Waals surface area contributed by atoms with Gasteiger partial charge < -0.3 is 24.4 Å². The van der Waals surface area contributed by atoms with Crippen LogP contribution >= 0.6 is 11.6 Å². The SMILES string of the molecule is CO[C@@H]1[C@@H](n2cc(-c3ccc(Cl)c(F)c3F)nn2)[C@@H](O)[C@@H](CO)O[C@@H]1Cc1cn(C2(C(F)(F)F)COC2)nn1. The first kappa shape index (κ1) is 27.8. The molecule has 0 bridgehead atoms. The molecule has 0 amide bonds. The molecule has 1 aromatic carbocycles. The second-order valence-electron chi connectivity index (χ2n) is 9.26. The Kier molecular flexibility index (Phi) is 7.36. The lowest BCUT2D eigenvalue weighted by molar-refractivity contribution is -0.294. The number of nitrogens with zero attached hydrogens (tertiary/aromatic N) is 6. The van der Waals surface area contributed by atoms with E-state index in [-0.39, 0.29) is 23.4 Å². The predicted octanol–water partition coefficient (Wildman–Crippen LogP) is 1.68. The van der Waals surface area contributed by atoms with Crippen LogP contribution in [0, 0.1) is 11.6 Å². The molecule has 212 valence electrons. The molecule has 2 aliphatic rings. The van der Waals surface area contributed by atoms with Gasteiger partial charge in [0, 0.05) is 25.3 Å². The van der Waals surface area contributed by atoms with E-state index in [4.69, 9.17) is 25.8 Å². The van der Waals surface area contributed by atoms with Gasteiger partial charge in [-0.1, -0.05) is 22.0 Å². The van der Waals surface area contributed by atoms with Gasteiger partial charge in [-0.3, -0.25) is 0 Å². The van der Waals surface area contributed by atoms with Crippen molar-refractivity contribution in [3.05, 3.63) is 46.9 Å². The maximum Gasteiger partial charge on any atom is 0.418 e. The van der Waals surface area contributed by atoms with Crippen molar-refractivity contribution < 1.29 is 46.4 Å². The second-order valence-corrected chi connectivity index (χ2v) is 9.67. The van der Waals surface area contributed by atoms with Crippen LogP contribution in [0.2, 0.25) is 5.02 Å². The van der Waals surface area contributed by atoms with Crippen LogP contribution in [0.4, 0.5) is 22.0 Å².